The fourth-order valence-corrected chi connectivity index (χ4v) is 1.98. The zero-order valence-corrected chi connectivity index (χ0v) is 12.4. The smallest absolute Gasteiger partial charge is 0.252 e. The molecule has 0 saturated heterocycles. The summed E-state index contributed by atoms with van der Waals surface area (Å²) in [5, 5.41) is 2.90. The van der Waals surface area contributed by atoms with Crippen molar-refractivity contribution in [3.63, 3.8) is 0 Å². The summed E-state index contributed by atoms with van der Waals surface area (Å²) >= 11 is 0. The maximum Gasteiger partial charge on any atom is 0.252 e. The van der Waals surface area contributed by atoms with Crippen molar-refractivity contribution in [3.05, 3.63) is 70.1 Å². The Bertz CT molecular complexity index is 662. The number of rotatable bonds is 5. The summed E-state index contributed by atoms with van der Waals surface area (Å²) in [5.41, 5.74) is 1.42. The van der Waals surface area contributed by atoms with Crippen LogP contribution in [0.5, 0.6) is 0 Å². The first-order valence-corrected chi connectivity index (χ1v) is 7.15. The third kappa shape index (κ3) is 4.05. The lowest BCUT2D eigenvalue weighted by atomic mass is 10.2. The lowest BCUT2D eigenvalue weighted by Gasteiger charge is -2.12. The Hall–Kier alpha value is -2.36. The van der Waals surface area contributed by atoms with Gasteiger partial charge in [0.2, 0.25) is 0 Å². The molecular formula is C17H20N2O2. The van der Waals surface area contributed by atoms with E-state index in [1.807, 2.05) is 44.2 Å². The lowest BCUT2D eigenvalue weighted by molar-refractivity contribution is 0.0938. The highest BCUT2D eigenvalue weighted by molar-refractivity contribution is 5.94. The predicted octanol–water partition coefficient (Wildman–Crippen LogP) is 2.42. The molecule has 110 valence electrons. The number of amides is 1. The van der Waals surface area contributed by atoms with E-state index < -0.39 is 0 Å². The van der Waals surface area contributed by atoms with Crippen LogP contribution in [-0.4, -0.2) is 16.5 Å². The Labute approximate surface area is 124 Å². The molecule has 0 radical (unpaired) electrons. The average Bonchev–Trinajstić information content (AvgIpc) is 2.50. The Balaban J connectivity index is 2.21. The van der Waals surface area contributed by atoms with Gasteiger partial charge >= 0.3 is 0 Å². The molecule has 1 N–H and O–H groups in total. The van der Waals surface area contributed by atoms with Crippen molar-refractivity contribution in [2.45, 2.75) is 32.9 Å². The number of benzene rings is 1. The van der Waals surface area contributed by atoms with Gasteiger partial charge in [0.05, 0.1) is 12.1 Å². The first kappa shape index (κ1) is 15.0. The Morgan fingerprint density at radius 1 is 1.19 bits per heavy atom. The molecule has 2 rings (SSSR count). The van der Waals surface area contributed by atoms with Crippen LogP contribution in [0.2, 0.25) is 0 Å². The second kappa shape index (κ2) is 6.88. The standard InChI is InChI=1S/C17H20N2O2/c1-3-13(2)18-17(21)15-9-10-16(20)19(12-15)11-14-7-5-4-6-8-14/h4-10,12-13H,3,11H2,1-2H3,(H,18,21). The Morgan fingerprint density at radius 2 is 1.90 bits per heavy atom. The van der Waals surface area contributed by atoms with E-state index in [-0.39, 0.29) is 17.5 Å². The quantitative estimate of drug-likeness (QED) is 0.916. The van der Waals surface area contributed by atoms with E-state index in [9.17, 15) is 9.59 Å². The molecule has 2 aromatic rings. The van der Waals surface area contributed by atoms with Crippen LogP contribution < -0.4 is 10.9 Å². The molecule has 0 spiro atoms. The lowest BCUT2D eigenvalue weighted by Crippen LogP contribution is -2.33. The Morgan fingerprint density at radius 3 is 2.57 bits per heavy atom. The van der Waals surface area contributed by atoms with Gasteiger partial charge in [-0.2, -0.15) is 0 Å². The molecule has 1 heterocycles. The zero-order chi connectivity index (χ0) is 15.2. The summed E-state index contributed by atoms with van der Waals surface area (Å²) in [4.78, 5) is 24.0. The van der Waals surface area contributed by atoms with Crippen molar-refractivity contribution in [1.29, 1.82) is 0 Å². The second-order valence-corrected chi connectivity index (χ2v) is 5.15. The van der Waals surface area contributed by atoms with E-state index in [0.29, 0.717) is 12.1 Å². The van der Waals surface area contributed by atoms with Gasteiger partial charge in [-0.05, 0) is 25.0 Å². The van der Waals surface area contributed by atoms with E-state index >= 15 is 0 Å². The molecule has 0 aliphatic rings. The molecule has 4 heteroatoms. The van der Waals surface area contributed by atoms with Gasteiger partial charge < -0.3 is 9.88 Å². The molecule has 0 fully saturated rings. The van der Waals surface area contributed by atoms with Gasteiger partial charge in [-0.15, -0.1) is 0 Å². The monoisotopic (exact) mass is 284 g/mol. The van der Waals surface area contributed by atoms with Gasteiger partial charge in [-0.1, -0.05) is 37.3 Å². The van der Waals surface area contributed by atoms with Crippen molar-refractivity contribution in [3.8, 4) is 0 Å². The Kier molecular flexibility index (Phi) is 4.93. The van der Waals surface area contributed by atoms with Crippen LogP contribution in [0.4, 0.5) is 0 Å². The minimum Gasteiger partial charge on any atom is -0.350 e. The van der Waals surface area contributed by atoms with Gasteiger partial charge in [0.25, 0.3) is 11.5 Å². The number of hydrogen-bond acceptors (Lipinski definition) is 2. The third-order valence-electron chi connectivity index (χ3n) is 3.43. The minimum atomic E-state index is -0.147. The van der Waals surface area contributed by atoms with Crippen LogP contribution >= 0.6 is 0 Å². The predicted molar refractivity (Wildman–Crippen MR) is 83.5 cm³/mol. The number of hydrogen-bond donors (Lipinski definition) is 1. The van der Waals surface area contributed by atoms with E-state index in [2.05, 4.69) is 5.32 Å². The highest BCUT2D eigenvalue weighted by Gasteiger charge is 2.10. The number of aromatic nitrogens is 1. The molecule has 21 heavy (non-hydrogen) atoms. The molecule has 1 unspecified atom stereocenters. The van der Waals surface area contributed by atoms with E-state index in [1.54, 1.807) is 16.8 Å². The number of pyridine rings is 1. The van der Waals surface area contributed by atoms with Gasteiger partial charge in [-0.25, -0.2) is 0 Å². The van der Waals surface area contributed by atoms with Crippen LogP contribution in [0.25, 0.3) is 0 Å². The number of carbonyl (C=O) groups excluding carboxylic acids is 1. The first-order valence-electron chi connectivity index (χ1n) is 7.15. The normalized spacial score (nSPS) is 11.9. The number of nitrogens with zero attached hydrogens (tertiary/aromatic N) is 1. The van der Waals surface area contributed by atoms with Crippen molar-refractivity contribution in [2.75, 3.05) is 0 Å². The van der Waals surface area contributed by atoms with Crippen LogP contribution in [0.1, 0.15) is 36.2 Å². The van der Waals surface area contributed by atoms with Crippen LogP contribution in [0.3, 0.4) is 0 Å². The van der Waals surface area contributed by atoms with Crippen LogP contribution in [0, 0.1) is 0 Å². The number of nitrogens with one attached hydrogen (secondary N) is 1. The zero-order valence-electron chi connectivity index (χ0n) is 12.4. The topological polar surface area (TPSA) is 51.1 Å². The van der Waals surface area contributed by atoms with Crippen molar-refractivity contribution in [1.82, 2.24) is 9.88 Å². The molecule has 1 atom stereocenters. The van der Waals surface area contributed by atoms with Crippen LogP contribution in [-0.2, 0) is 6.54 Å². The van der Waals surface area contributed by atoms with Gasteiger partial charge in [-0.3, -0.25) is 9.59 Å². The summed E-state index contributed by atoms with van der Waals surface area (Å²) in [5.74, 6) is -0.147. The molecule has 1 aromatic heterocycles. The molecular weight excluding hydrogens is 264 g/mol. The maximum atomic E-state index is 12.1. The summed E-state index contributed by atoms with van der Waals surface area (Å²) < 4.78 is 1.56. The molecule has 0 saturated carbocycles. The van der Waals surface area contributed by atoms with Gasteiger partial charge in [0.15, 0.2) is 0 Å². The molecule has 1 aromatic carbocycles. The highest BCUT2D eigenvalue weighted by Crippen LogP contribution is 2.03. The summed E-state index contributed by atoms with van der Waals surface area (Å²) in [7, 11) is 0. The van der Waals surface area contributed by atoms with E-state index in [0.717, 1.165) is 12.0 Å². The van der Waals surface area contributed by atoms with Gasteiger partial charge in [0, 0.05) is 18.3 Å². The first-order chi connectivity index (χ1) is 10.1. The minimum absolute atomic E-state index is 0.112. The van der Waals surface area contributed by atoms with Crippen molar-refractivity contribution in [2.24, 2.45) is 0 Å². The van der Waals surface area contributed by atoms with Gasteiger partial charge in [0.1, 0.15) is 0 Å². The average molecular weight is 284 g/mol. The molecule has 0 aliphatic heterocycles. The van der Waals surface area contributed by atoms with Crippen LogP contribution in [0.15, 0.2) is 53.5 Å². The summed E-state index contributed by atoms with van der Waals surface area (Å²) in [6.07, 6.45) is 2.49. The fourth-order valence-electron chi connectivity index (χ4n) is 1.98. The highest BCUT2D eigenvalue weighted by atomic mass is 16.2. The molecule has 0 bridgehead atoms. The molecule has 4 nitrogen and oxygen atoms in total. The summed E-state index contributed by atoms with van der Waals surface area (Å²) in [6.45, 7) is 4.43. The number of carbonyl (C=O) groups is 1. The SMILES string of the molecule is CCC(C)NC(=O)c1ccc(=O)n(Cc2ccccc2)c1. The molecule has 0 aliphatic carbocycles. The van der Waals surface area contributed by atoms with Crippen molar-refractivity contribution >= 4 is 5.91 Å². The van der Waals surface area contributed by atoms with Crippen molar-refractivity contribution < 1.29 is 4.79 Å². The largest absolute Gasteiger partial charge is 0.350 e. The summed E-state index contributed by atoms with van der Waals surface area (Å²) in [6, 6.07) is 12.8. The van der Waals surface area contributed by atoms with E-state index in [1.165, 1.54) is 6.07 Å². The molecule has 1 amide bonds. The fraction of sp³-hybridized carbons (Fsp3) is 0.294. The maximum absolute atomic E-state index is 12.1. The second-order valence-electron chi connectivity index (χ2n) is 5.15. The third-order valence-corrected chi connectivity index (χ3v) is 3.43. The van der Waals surface area contributed by atoms with E-state index in [4.69, 9.17) is 0 Å².